The molecule has 1 fully saturated rings. The molecular formula is C14H25N3O. The van der Waals surface area contributed by atoms with Crippen LogP contribution in [-0.4, -0.2) is 22.9 Å². The maximum atomic E-state index is 5.22. The molecule has 1 unspecified atom stereocenters. The average Bonchev–Trinajstić information content (AvgIpc) is 2.77. The van der Waals surface area contributed by atoms with Crippen LogP contribution in [-0.2, 0) is 13.6 Å². The van der Waals surface area contributed by atoms with Crippen molar-refractivity contribution >= 4 is 0 Å². The Bertz CT molecular complexity index is 369. The summed E-state index contributed by atoms with van der Waals surface area (Å²) in [5.41, 5.74) is 1.05. The molecule has 1 aliphatic rings. The number of methoxy groups -OCH3 is 1. The number of nitrogens with one attached hydrogen (secondary N) is 1. The summed E-state index contributed by atoms with van der Waals surface area (Å²) in [6, 6.07) is 2.58. The topological polar surface area (TPSA) is 39.1 Å². The Kier molecular flexibility index (Phi) is 4.64. The van der Waals surface area contributed by atoms with Crippen LogP contribution in [0.5, 0.6) is 5.88 Å². The smallest absolute Gasteiger partial charge is 0.211 e. The van der Waals surface area contributed by atoms with Gasteiger partial charge in [0.05, 0.1) is 12.8 Å². The molecule has 4 heteroatoms. The number of nitrogens with zero attached hydrogens (tertiary/aromatic N) is 2. The van der Waals surface area contributed by atoms with Crippen molar-refractivity contribution < 1.29 is 4.74 Å². The van der Waals surface area contributed by atoms with Gasteiger partial charge in [0.15, 0.2) is 0 Å². The van der Waals surface area contributed by atoms with Gasteiger partial charge in [-0.25, -0.2) is 4.68 Å². The number of aromatic nitrogens is 2. The van der Waals surface area contributed by atoms with Crippen LogP contribution in [0.25, 0.3) is 0 Å². The van der Waals surface area contributed by atoms with Crippen LogP contribution in [0.3, 0.4) is 0 Å². The largest absolute Gasteiger partial charge is 0.481 e. The van der Waals surface area contributed by atoms with Crippen LogP contribution in [0.15, 0.2) is 6.07 Å². The maximum Gasteiger partial charge on any atom is 0.211 e. The van der Waals surface area contributed by atoms with E-state index in [2.05, 4.69) is 17.3 Å². The number of hydrogen-bond donors (Lipinski definition) is 1. The number of hydrogen-bond acceptors (Lipinski definition) is 3. The summed E-state index contributed by atoms with van der Waals surface area (Å²) < 4.78 is 7.00. The van der Waals surface area contributed by atoms with Crippen LogP contribution in [0.4, 0.5) is 0 Å². The van der Waals surface area contributed by atoms with E-state index in [0.717, 1.165) is 24.0 Å². The maximum absolute atomic E-state index is 5.22. The van der Waals surface area contributed by atoms with E-state index in [1.54, 1.807) is 11.8 Å². The third-order valence-corrected chi connectivity index (χ3v) is 4.06. The van der Waals surface area contributed by atoms with Gasteiger partial charge in [0.25, 0.3) is 0 Å². The predicted octanol–water partition coefficient (Wildman–Crippen LogP) is 2.49. The monoisotopic (exact) mass is 251 g/mol. The van der Waals surface area contributed by atoms with E-state index < -0.39 is 0 Å². The average molecular weight is 251 g/mol. The second kappa shape index (κ2) is 6.23. The van der Waals surface area contributed by atoms with E-state index in [-0.39, 0.29) is 0 Å². The van der Waals surface area contributed by atoms with Crippen LogP contribution >= 0.6 is 0 Å². The highest BCUT2D eigenvalue weighted by Crippen LogP contribution is 2.26. The van der Waals surface area contributed by atoms with Crippen LogP contribution in [0.2, 0.25) is 0 Å². The second-order valence-corrected chi connectivity index (χ2v) is 5.37. The summed E-state index contributed by atoms with van der Waals surface area (Å²) in [6.45, 7) is 3.13. The lowest BCUT2D eigenvalue weighted by Gasteiger charge is -2.28. The van der Waals surface area contributed by atoms with Crippen LogP contribution < -0.4 is 10.1 Å². The first kappa shape index (κ1) is 13.4. The van der Waals surface area contributed by atoms with E-state index in [0.29, 0.717) is 6.04 Å². The highest BCUT2D eigenvalue weighted by molar-refractivity contribution is 5.15. The quantitative estimate of drug-likeness (QED) is 0.874. The standard InChI is InChI=1S/C14H25N3O/c1-11(12-7-5-4-6-8-12)15-10-13-9-14(18-3)17(2)16-13/h9,11-12,15H,4-8,10H2,1-3H3. The fraction of sp³-hybridized carbons (Fsp3) is 0.786. The molecule has 0 aliphatic heterocycles. The van der Waals surface area contributed by atoms with E-state index in [1.807, 2.05) is 13.1 Å². The fourth-order valence-corrected chi connectivity index (χ4v) is 2.85. The molecule has 0 bridgehead atoms. The fourth-order valence-electron chi connectivity index (χ4n) is 2.85. The molecule has 4 nitrogen and oxygen atoms in total. The number of ether oxygens (including phenoxy) is 1. The molecule has 1 atom stereocenters. The van der Waals surface area contributed by atoms with Gasteiger partial charge in [-0.3, -0.25) is 0 Å². The molecule has 1 aromatic rings. The molecule has 1 aromatic heterocycles. The zero-order chi connectivity index (χ0) is 13.0. The van der Waals surface area contributed by atoms with Crippen molar-refractivity contribution in [2.45, 2.75) is 51.6 Å². The van der Waals surface area contributed by atoms with Gasteiger partial charge in [-0.1, -0.05) is 19.3 Å². The molecule has 0 amide bonds. The molecule has 0 aromatic carbocycles. The molecule has 1 aliphatic carbocycles. The van der Waals surface area contributed by atoms with Gasteiger partial charge in [-0.2, -0.15) is 5.10 Å². The lowest BCUT2D eigenvalue weighted by molar-refractivity contribution is 0.280. The summed E-state index contributed by atoms with van der Waals surface area (Å²) in [6.07, 6.45) is 6.96. The van der Waals surface area contributed by atoms with E-state index >= 15 is 0 Å². The Morgan fingerprint density at radius 2 is 2.17 bits per heavy atom. The summed E-state index contributed by atoms with van der Waals surface area (Å²) in [5.74, 6) is 1.65. The van der Waals surface area contributed by atoms with Gasteiger partial charge in [0.2, 0.25) is 5.88 Å². The van der Waals surface area contributed by atoms with Gasteiger partial charge in [-0.05, 0) is 25.7 Å². The predicted molar refractivity (Wildman–Crippen MR) is 72.6 cm³/mol. The molecule has 18 heavy (non-hydrogen) atoms. The first-order chi connectivity index (χ1) is 8.70. The minimum Gasteiger partial charge on any atom is -0.481 e. The van der Waals surface area contributed by atoms with Crippen LogP contribution in [0.1, 0.15) is 44.7 Å². The normalized spacial score (nSPS) is 18.8. The second-order valence-electron chi connectivity index (χ2n) is 5.37. The van der Waals surface area contributed by atoms with Crippen molar-refractivity contribution in [3.05, 3.63) is 11.8 Å². The first-order valence-electron chi connectivity index (χ1n) is 7.01. The van der Waals surface area contributed by atoms with Gasteiger partial charge in [0.1, 0.15) is 0 Å². The number of aryl methyl sites for hydroxylation is 1. The molecule has 1 heterocycles. The SMILES string of the molecule is COc1cc(CNC(C)C2CCCCC2)nn1C. The highest BCUT2D eigenvalue weighted by atomic mass is 16.5. The third-order valence-electron chi connectivity index (χ3n) is 4.06. The summed E-state index contributed by atoms with van der Waals surface area (Å²) in [4.78, 5) is 0. The van der Waals surface area contributed by atoms with E-state index in [1.165, 1.54) is 32.1 Å². The zero-order valence-electron chi connectivity index (χ0n) is 11.8. The lowest BCUT2D eigenvalue weighted by Crippen LogP contribution is -2.34. The number of rotatable bonds is 5. The molecule has 2 rings (SSSR count). The van der Waals surface area contributed by atoms with Crippen molar-refractivity contribution in [1.82, 2.24) is 15.1 Å². The van der Waals surface area contributed by atoms with Gasteiger partial charge < -0.3 is 10.1 Å². The van der Waals surface area contributed by atoms with Gasteiger partial charge >= 0.3 is 0 Å². The minimum absolute atomic E-state index is 0.582. The Labute approximate surface area is 110 Å². The van der Waals surface area contributed by atoms with Crippen molar-refractivity contribution in [2.24, 2.45) is 13.0 Å². The third kappa shape index (κ3) is 3.25. The van der Waals surface area contributed by atoms with Crippen molar-refractivity contribution in [1.29, 1.82) is 0 Å². The van der Waals surface area contributed by atoms with Gasteiger partial charge in [-0.15, -0.1) is 0 Å². The summed E-state index contributed by atoms with van der Waals surface area (Å²) >= 11 is 0. The molecular weight excluding hydrogens is 226 g/mol. The molecule has 1 saturated carbocycles. The van der Waals surface area contributed by atoms with Gasteiger partial charge in [0, 0.05) is 25.7 Å². The summed E-state index contributed by atoms with van der Waals surface area (Å²) in [7, 11) is 3.59. The van der Waals surface area contributed by atoms with E-state index in [4.69, 9.17) is 4.74 Å². The Morgan fingerprint density at radius 1 is 1.44 bits per heavy atom. The Morgan fingerprint density at radius 3 is 2.78 bits per heavy atom. The molecule has 1 N–H and O–H groups in total. The Hall–Kier alpha value is -1.03. The zero-order valence-corrected chi connectivity index (χ0v) is 11.8. The molecule has 0 spiro atoms. The first-order valence-corrected chi connectivity index (χ1v) is 7.01. The molecule has 0 saturated heterocycles. The molecule has 102 valence electrons. The highest BCUT2D eigenvalue weighted by Gasteiger charge is 2.19. The Balaban J connectivity index is 1.82. The van der Waals surface area contributed by atoms with Crippen molar-refractivity contribution in [2.75, 3.05) is 7.11 Å². The minimum atomic E-state index is 0.582. The molecule has 0 radical (unpaired) electrons. The lowest BCUT2D eigenvalue weighted by atomic mass is 9.84. The van der Waals surface area contributed by atoms with Crippen LogP contribution in [0, 0.1) is 5.92 Å². The van der Waals surface area contributed by atoms with Crippen molar-refractivity contribution in [3.8, 4) is 5.88 Å². The van der Waals surface area contributed by atoms with E-state index in [9.17, 15) is 0 Å². The summed E-state index contributed by atoms with van der Waals surface area (Å²) in [5, 5.41) is 8.03. The van der Waals surface area contributed by atoms with Crippen molar-refractivity contribution in [3.63, 3.8) is 0 Å².